The summed E-state index contributed by atoms with van der Waals surface area (Å²) < 4.78 is 6.52. The molecule has 4 rings (SSSR count). The predicted molar refractivity (Wildman–Crippen MR) is 115 cm³/mol. The van der Waals surface area contributed by atoms with Crippen LogP contribution in [0.1, 0.15) is 26.5 Å². The Morgan fingerprint density at radius 3 is 2.59 bits per heavy atom. The summed E-state index contributed by atoms with van der Waals surface area (Å²) in [6.07, 6.45) is 0. The number of carbonyl (C=O) groups is 3. The van der Waals surface area contributed by atoms with Gasteiger partial charge in [0.1, 0.15) is 0 Å². The molecule has 1 fully saturated rings. The first-order valence-electron chi connectivity index (χ1n) is 10.0. The third-order valence-electron chi connectivity index (χ3n) is 5.33. The molecule has 2 N–H and O–H groups in total. The van der Waals surface area contributed by atoms with Gasteiger partial charge in [-0.2, -0.15) is 5.10 Å². The molecule has 0 saturated carbocycles. The summed E-state index contributed by atoms with van der Waals surface area (Å²) in [7, 11) is 0. The van der Waals surface area contributed by atoms with E-state index in [0.29, 0.717) is 41.9 Å². The molecule has 2 aromatic rings. The van der Waals surface area contributed by atoms with Crippen LogP contribution in [0.5, 0.6) is 5.75 Å². The molecule has 32 heavy (non-hydrogen) atoms. The van der Waals surface area contributed by atoms with Gasteiger partial charge in [0.2, 0.25) is 5.91 Å². The van der Waals surface area contributed by atoms with E-state index in [1.165, 1.54) is 4.68 Å². The van der Waals surface area contributed by atoms with E-state index in [-0.39, 0.29) is 43.5 Å². The van der Waals surface area contributed by atoms with Crippen LogP contribution in [-0.2, 0) is 22.6 Å². The number of ether oxygens (including phenoxy) is 1. The van der Waals surface area contributed by atoms with Gasteiger partial charge in [0, 0.05) is 26.2 Å². The Bertz CT molecular complexity index is 1070. The zero-order valence-corrected chi connectivity index (χ0v) is 18.5. The van der Waals surface area contributed by atoms with Gasteiger partial charge >= 0.3 is 0 Å². The molecule has 0 radical (unpaired) electrons. The fourth-order valence-electron chi connectivity index (χ4n) is 3.59. The molecule has 10 nitrogen and oxygen atoms in total. The summed E-state index contributed by atoms with van der Waals surface area (Å²) in [6, 6.07) is 4.93. The lowest BCUT2D eigenvalue weighted by molar-refractivity contribution is -0.131. The summed E-state index contributed by atoms with van der Waals surface area (Å²) in [6.45, 7) is 2.80. The number of rotatable bonds is 5. The van der Waals surface area contributed by atoms with Gasteiger partial charge in [-0.05, 0) is 17.7 Å². The van der Waals surface area contributed by atoms with Crippen molar-refractivity contribution in [1.82, 2.24) is 24.9 Å². The van der Waals surface area contributed by atoms with Gasteiger partial charge in [-0.25, -0.2) is 0 Å². The van der Waals surface area contributed by atoms with Gasteiger partial charge in [-0.15, -0.1) is 0 Å². The number of aromatic hydroxyl groups is 1. The maximum absolute atomic E-state index is 12.9. The maximum Gasteiger partial charge on any atom is 0.282 e. The average Bonchev–Trinajstić information content (AvgIpc) is 3.12. The van der Waals surface area contributed by atoms with Crippen LogP contribution in [0.25, 0.3) is 0 Å². The van der Waals surface area contributed by atoms with Crippen molar-refractivity contribution >= 4 is 40.9 Å². The first kappa shape index (κ1) is 22.5. The Balaban J connectivity index is 1.44. The molecule has 0 atom stereocenters. The number of hydrogen-bond acceptors (Lipinski definition) is 7. The van der Waals surface area contributed by atoms with Crippen molar-refractivity contribution in [2.75, 3.05) is 39.4 Å². The number of morpholine rings is 1. The smallest absolute Gasteiger partial charge is 0.282 e. The van der Waals surface area contributed by atoms with Crippen molar-refractivity contribution in [3.05, 3.63) is 45.2 Å². The van der Waals surface area contributed by atoms with E-state index in [1.54, 1.807) is 18.2 Å². The number of aromatic nitrogens is 2. The van der Waals surface area contributed by atoms with E-state index >= 15 is 0 Å². The maximum atomic E-state index is 12.9. The molecular formula is C20H21Cl2N5O5. The van der Waals surface area contributed by atoms with Crippen LogP contribution in [0.3, 0.4) is 0 Å². The molecule has 0 unspecified atom stereocenters. The predicted octanol–water partition coefficient (Wildman–Crippen LogP) is 1.14. The number of nitrogens with zero attached hydrogens (tertiary/aromatic N) is 4. The van der Waals surface area contributed by atoms with E-state index in [4.69, 9.17) is 27.9 Å². The highest BCUT2D eigenvalue weighted by Gasteiger charge is 2.36. The zero-order valence-electron chi connectivity index (χ0n) is 17.0. The van der Waals surface area contributed by atoms with Crippen LogP contribution in [0.15, 0.2) is 18.2 Å². The first-order valence-corrected chi connectivity index (χ1v) is 10.8. The van der Waals surface area contributed by atoms with Gasteiger partial charge in [0.25, 0.3) is 11.8 Å². The second kappa shape index (κ2) is 9.45. The van der Waals surface area contributed by atoms with Gasteiger partial charge < -0.3 is 15.2 Å². The second-order valence-corrected chi connectivity index (χ2v) is 8.25. The fraction of sp³-hybridized carbons (Fsp3) is 0.400. The van der Waals surface area contributed by atoms with E-state index in [9.17, 15) is 19.5 Å². The number of nitrogens with one attached hydrogen (secondary N) is 1. The van der Waals surface area contributed by atoms with Gasteiger partial charge in [0.05, 0.1) is 36.3 Å². The van der Waals surface area contributed by atoms with Gasteiger partial charge in [-0.1, -0.05) is 29.3 Å². The fourth-order valence-corrected chi connectivity index (χ4v) is 3.91. The molecule has 2 aliphatic rings. The lowest BCUT2D eigenvalue weighted by atomic mass is 10.2. The Morgan fingerprint density at radius 1 is 1.12 bits per heavy atom. The van der Waals surface area contributed by atoms with E-state index in [2.05, 4.69) is 10.4 Å². The standard InChI is InChI=1S/C20H21Cl2N5O5/c21-13-2-1-12(9-14(13)22)10-23-19(30)16-18(29)17-20(31)26(3-4-27(17)24-16)15(28)11-25-5-7-32-8-6-25/h1-2,9,29H,3-8,10-11H2,(H,23,30). The largest absolute Gasteiger partial charge is 0.504 e. The SMILES string of the molecule is O=C(NCc1ccc(Cl)c(Cl)c1)c1nn2c(c1O)C(=O)N(C(=O)CN1CCOCC1)CC2. The third kappa shape index (κ3) is 4.58. The number of benzene rings is 1. The number of imide groups is 1. The topological polar surface area (TPSA) is 117 Å². The van der Waals surface area contributed by atoms with Crippen molar-refractivity contribution in [2.45, 2.75) is 13.1 Å². The van der Waals surface area contributed by atoms with E-state index < -0.39 is 17.6 Å². The number of carbonyl (C=O) groups excluding carboxylic acids is 3. The first-order chi connectivity index (χ1) is 15.3. The molecule has 0 bridgehead atoms. The minimum Gasteiger partial charge on any atom is -0.504 e. The zero-order chi connectivity index (χ0) is 22.8. The molecule has 170 valence electrons. The molecule has 12 heteroatoms. The van der Waals surface area contributed by atoms with Crippen LogP contribution in [-0.4, -0.2) is 81.8 Å². The molecule has 1 aromatic carbocycles. The van der Waals surface area contributed by atoms with Crippen molar-refractivity contribution in [2.24, 2.45) is 0 Å². The Hall–Kier alpha value is -2.66. The Morgan fingerprint density at radius 2 is 1.88 bits per heavy atom. The van der Waals surface area contributed by atoms with E-state index in [0.717, 1.165) is 4.90 Å². The molecule has 1 aromatic heterocycles. The Kier molecular flexibility index (Phi) is 6.66. The summed E-state index contributed by atoms with van der Waals surface area (Å²) in [4.78, 5) is 41.1. The lowest BCUT2D eigenvalue weighted by Gasteiger charge is -2.30. The van der Waals surface area contributed by atoms with Crippen molar-refractivity contribution in [3.63, 3.8) is 0 Å². The molecule has 0 spiro atoms. The minimum absolute atomic E-state index is 0.0843. The molecular weight excluding hydrogens is 461 g/mol. The minimum atomic E-state index is -0.678. The van der Waals surface area contributed by atoms with Crippen molar-refractivity contribution in [1.29, 1.82) is 0 Å². The third-order valence-corrected chi connectivity index (χ3v) is 6.07. The number of amides is 3. The van der Waals surface area contributed by atoms with E-state index in [1.807, 2.05) is 4.90 Å². The lowest BCUT2D eigenvalue weighted by Crippen LogP contribution is -2.50. The van der Waals surface area contributed by atoms with Gasteiger partial charge in [-0.3, -0.25) is 28.9 Å². The summed E-state index contributed by atoms with van der Waals surface area (Å²) in [5, 5.41) is 18.0. The van der Waals surface area contributed by atoms with Gasteiger partial charge in [0.15, 0.2) is 17.1 Å². The molecule has 2 aliphatic heterocycles. The number of hydrogen-bond donors (Lipinski definition) is 2. The number of fused-ring (bicyclic) bond motifs is 1. The van der Waals surface area contributed by atoms with Crippen LogP contribution in [0.2, 0.25) is 10.0 Å². The van der Waals surface area contributed by atoms with Crippen LogP contribution < -0.4 is 5.32 Å². The monoisotopic (exact) mass is 481 g/mol. The second-order valence-electron chi connectivity index (χ2n) is 7.44. The molecule has 0 aliphatic carbocycles. The molecule has 1 saturated heterocycles. The Labute approximate surface area is 193 Å². The van der Waals surface area contributed by atoms with Crippen molar-refractivity contribution in [3.8, 4) is 5.75 Å². The van der Waals surface area contributed by atoms with Crippen LogP contribution in [0, 0.1) is 0 Å². The van der Waals surface area contributed by atoms with Crippen molar-refractivity contribution < 1.29 is 24.2 Å². The normalized spacial score (nSPS) is 16.7. The van der Waals surface area contributed by atoms with Crippen LogP contribution >= 0.6 is 23.2 Å². The summed E-state index contributed by atoms with van der Waals surface area (Å²) >= 11 is 11.9. The molecule has 3 amide bonds. The quantitative estimate of drug-likeness (QED) is 0.657. The summed E-state index contributed by atoms with van der Waals surface area (Å²) in [5.74, 6) is -2.25. The number of halogens is 2. The average molecular weight is 482 g/mol. The highest BCUT2D eigenvalue weighted by atomic mass is 35.5. The molecule has 3 heterocycles. The highest BCUT2D eigenvalue weighted by molar-refractivity contribution is 6.42. The summed E-state index contributed by atoms with van der Waals surface area (Å²) in [5.41, 5.74) is 0.245. The highest BCUT2D eigenvalue weighted by Crippen LogP contribution is 2.27. The van der Waals surface area contributed by atoms with Crippen LogP contribution in [0.4, 0.5) is 0 Å².